The van der Waals surface area contributed by atoms with Crippen LogP contribution in [0.2, 0.25) is 0 Å². The largest absolute Gasteiger partial charge is 0.496 e. The lowest BCUT2D eigenvalue weighted by atomic mass is 10.00. The molecule has 2 rings (SSSR count). The second kappa shape index (κ2) is 6.50. The summed E-state index contributed by atoms with van der Waals surface area (Å²) >= 11 is 5.07. The van der Waals surface area contributed by atoms with Gasteiger partial charge < -0.3 is 10.1 Å². The predicted octanol–water partition coefficient (Wildman–Crippen LogP) is 4.36. The van der Waals surface area contributed by atoms with Gasteiger partial charge in [0, 0.05) is 5.56 Å². The summed E-state index contributed by atoms with van der Waals surface area (Å²) in [5.74, 6) is 0.433. The summed E-state index contributed by atoms with van der Waals surface area (Å²) in [6, 6.07) is 6.57. The second-order valence-corrected chi connectivity index (χ2v) is 6.35. The molecular formula is C14H15BrFNOS. The van der Waals surface area contributed by atoms with Crippen molar-refractivity contribution in [3.05, 3.63) is 50.4 Å². The molecule has 1 aromatic heterocycles. The molecule has 0 aliphatic carbocycles. The summed E-state index contributed by atoms with van der Waals surface area (Å²) in [6.45, 7) is 2.82. The van der Waals surface area contributed by atoms with E-state index in [1.54, 1.807) is 24.5 Å². The third-order valence-corrected chi connectivity index (χ3v) is 4.35. The molecule has 0 saturated carbocycles. The monoisotopic (exact) mass is 343 g/mol. The fourth-order valence-corrected chi connectivity index (χ4v) is 3.22. The first-order chi connectivity index (χ1) is 9.15. The molecule has 0 amide bonds. The van der Waals surface area contributed by atoms with Gasteiger partial charge in [0.05, 0.1) is 16.9 Å². The Balaban J connectivity index is 2.46. The Morgan fingerprint density at radius 3 is 2.79 bits per heavy atom. The Hall–Kier alpha value is -0.910. The molecule has 1 N–H and O–H groups in total. The predicted molar refractivity (Wildman–Crippen MR) is 80.5 cm³/mol. The molecule has 2 aromatic rings. The Kier molecular flexibility index (Phi) is 4.96. The third-order valence-electron chi connectivity index (χ3n) is 2.83. The van der Waals surface area contributed by atoms with Crippen LogP contribution in [0.5, 0.6) is 5.75 Å². The highest BCUT2D eigenvalue weighted by atomic mass is 79.9. The lowest BCUT2D eigenvalue weighted by Crippen LogP contribution is -2.22. The van der Waals surface area contributed by atoms with Crippen LogP contribution in [0.3, 0.4) is 0 Å². The average Bonchev–Trinajstić information content (AvgIpc) is 2.82. The van der Waals surface area contributed by atoms with Crippen LogP contribution >= 0.6 is 27.3 Å². The maximum Gasteiger partial charge on any atom is 0.124 e. The van der Waals surface area contributed by atoms with Crippen molar-refractivity contribution in [2.75, 3.05) is 13.7 Å². The van der Waals surface area contributed by atoms with E-state index in [4.69, 9.17) is 4.74 Å². The minimum Gasteiger partial charge on any atom is -0.496 e. The van der Waals surface area contributed by atoms with Gasteiger partial charge in [0.15, 0.2) is 0 Å². The molecule has 0 fully saturated rings. The van der Waals surface area contributed by atoms with Crippen LogP contribution in [0.15, 0.2) is 33.4 Å². The summed E-state index contributed by atoms with van der Waals surface area (Å²) in [5, 5.41) is 5.43. The maximum atomic E-state index is 13.5. The summed E-state index contributed by atoms with van der Waals surface area (Å²) < 4.78 is 19.9. The van der Waals surface area contributed by atoms with Crippen molar-refractivity contribution in [1.29, 1.82) is 0 Å². The van der Waals surface area contributed by atoms with E-state index in [2.05, 4.69) is 26.6 Å². The zero-order valence-corrected chi connectivity index (χ0v) is 13.1. The molecule has 0 spiro atoms. The van der Waals surface area contributed by atoms with E-state index in [1.165, 1.54) is 12.1 Å². The molecule has 19 heavy (non-hydrogen) atoms. The van der Waals surface area contributed by atoms with Gasteiger partial charge in [0.2, 0.25) is 0 Å². The van der Waals surface area contributed by atoms with Crippen molar-refractivity contribution >= 4 is 27.3 Å². The van der Waals surface area contributed by atoms with Crippen LogP contribution in [-0.2, 0) is 0 Å². The fourth-order valence-electron chi connectivity index (χ4n) is 2.02. The Morgan fingerprint density at radius 1 is 1.42 bits per heavy atom. The Morgan fingerprint density at radius 2 is 2.21 bits per heavy atom. The standard InChI is InChI=1S/C14H15BrFNOS/c1-3-17-14(9-6-13(15)19-8-9)11-7-10(16)4-5-12(11)18-2/h4-8,14,17H,3H2,1-2H3. The molecule has 102 valence electrons. The van der Waals surface area contributed by atoms with Crippen molar-refractivity contribution in [2.24, 2.45) is 0 Å². The van der Waals surface area contributed by atoms with E-state index >= 15 is 0 Å². The number of benzene rings is 1. The third kappa shape index (κ3) is 3.35. The quantitative estimate of drug-likeness (QED) is 0.870. The van der Waals surface area contributed by atoms with Gasteiger partial charge in [-0.15, -0.1) is 11.3 Å². The molecule has 2 nitrogen and oxygen atoms in total. The minimum atomic E-state index is -0.256. The lowest BCUT2D eigenvalue weighted by molar-refractivity contribution is 0.403. The van der Waals surface area contributed by atoms with E-state index in [0.29, 0.717) is 5.75 Å². The van der Waals surface area contributed by atoms with Gasteiger partial charge in [-0.1, -0.05) is 6.92 Å². The molecular weight excluding hydrogens is 329 g/mol. The molecule has 0 aliphatic heterocycles. The summed E-state index contributed by atoms with van der Waals surface area (Å²) in [4.78, 5) is 0. The minimum absolute atomic E-state index is 0.0711. The Bertz CT molecular complexity index is 558. The molecule has 0 aliphatic rings. The smallest absolute Gasteiger partial charge is 0.124 e. The van der Waals surface area contributed by atoms with Gasteiger partial charge >= 0.3 is 0 Å². The number of rotatable bonds is 5. The van der Waals surface area contributed by atoms with E-state index < -0.39 is 0 Å². The first-order valence-corrected chi connectivity index (χ1v) is 7.63. The average molecular weight is 344 g/mol. The zero-order chi connectivity index (χ0) is 13.8. The summed E-state index contributed by atoms with van der Waals surface area (Å²) in [5.41, 5.74) is 1.91. The van der Waals surface area contributed by atoms with E-state index in [1.807, 2.05) is 13.0 Å². The molecule has 1 atom stereocenters. The van der Waals surface area contributed by atoms with Crippen LogP contribution in [0, 0.1) is 5.82 Å². The van der Waals surface area contributed by atoms with Crippen molar-refractivity contribution in [3.63, 3.8) is 0 Å². The van der Waals surface area contributed by atoms with Gasteiger partial charge in [-0.2, -0.15) is 0 Å². The summed E-state index contributed by atoms with van der Waals surface area (Å²) in [7, 11) is 1.60. The highest BCUT2D eigenvalue weighted by Crippen LogP contribution is 2.34. The maximum absolute atomic E-state index is 13.5. The van der Waals surface area contributed by atoms with Gasteiger partial charge in [-0.3, -0.25) is 0 Å². The fraction of sp³-hybridized carbons (Fsp3) is 0.286. The van der Waals surface area contributed by atoms with E-state index in [9.17, 15) is 4.39 Å². The van der Waals surface area contributed by atoms with E-state index in [0.717, 1.165) is 21.5 Å². The number of thiophene rings is 1. The number of hydrogen-bond donors (Lipinski definition) is 1. The number of ether oxygens (including phenoxy) is 1. The Labute approximate surface area is 124 Å². The number of halogens is 2. The van der Waals surface area contributed by atoms with Gasteiger partial charge in [0.25, 0.3) is 0 Å². The van der Waals surface area contributed by atoms with Crippen molar-refractivity contribution in [1.82, 2.24) is 5.32 Å². The first-order valence-electron chi connectivity index (χ1n) is 5.96. The van der Waals surface area contributed by atoms with Crippen LogP contribution in [0.4, 0.5) is 4.39 Å². The van der Waals surface area contributed by atoms with Crippen LogP contribution in [0.1, 0.15) is 24.1 Å². The zero-order valence-electron chi connectivity index (χ0n) is 10.7. The van der Waals surface area contributed by atoms with Crippen LogP contribution in [0.25, 0.3) is 0 Å². The van der Waals surface area contributed by atoms with Crippen molar-refractivity contribution in [2.45, 2.75) is 13.0 Å². The SMILES string of the molecule is CCNC(c1csc(Br)c1)c1cc(F)ccc1OC. The molecule has 0 radical (unpaired) electrons. The molecule has 5 heteroatoms. The second-order valence-electron chi connectivity index (χ2n) is 4.06. The normalized spacial score (nSPS) is 12.4. The van der Waals surface area contributed by atoms with Gasteiger partial charge in [-0.05, 0) is 57.7 Å². The molecule has 1 heterocycles. The number of hydrogen-bond acceptors (Lipinski definition) is 3. The summed E-state index contributed by atoms with van der Waals surface area (Å²) in [6.07, 6.45) is 0. The van der Waals surface area contributed by atoms with Crippen LogP contribution < -0.4 is 10.1 Å². The highest BCUT2D eigenvalue weighted by molar-refractivity contribution is 9.11. The van der Waals surface area contributed by atoms with Gasteiger partial charge in [0.1, 0.15) is 11.6 Å². The first kappa shape index (κ1) is 14.5. The molecule has 1 aromatic carbocycles. The van der Waals surface area contributed by atoms with E-state index in [-0.39, 0.29) is 11.9 Å². The van der Waals surface area contributed by atoms with Gasteiger partial charge in [-0.25, -0.2) is 4.39 Å². The van der Waals surface area contributed by atoms with Crippen LogP contribution in [-0.4, -0.2) is 13.7 Å². The number of nitrogens with one attached hydrogen (secondary N) is 1. The highest BCUT2D eigenvalue weighted by Gasteiger charge is 2.19. The van der Waals surface area contributed by atoms with Crippen molar-refractivity contribution in [3.8, 4) is 5.75 Å². The lowest BCUT2D eigenvalue weighted by Gasteiger charge is -2.20. The number of methoxy groups -OCH3 is 1. The molecule has 1 unspecified atom stereocenters. The van der Waals surface area contributed by atoms with Crippen molar-refractivity contribution < 1.29 is 9.13 Å². The molecule has 0 bridgehead atoms. The topological polar surface area (TPSA) is 21.3 Å². The molecule has 0 saturated heterocycles.